The van der Waals surface area contributed by atoms with E-state index in [-0.39, 0.29) is 17.7 Å². The van der Waals surface area contributed by atoms with Crippen molar-refractivity contribution in [3.63, 3.8) is 0 Å². The normalized spacial score (nSPS) is 15.8. The molecule has 2 amide bonds. The number of aromatic nitrogens is 1. The number of anilines is 2. The first-order valence-corrected chi connectivity index (χ1v) is 6.69. The van der Waals surface area contributed by atoms with Crippen molar-refractivity contribution in [2.75, 3.05) is 10.6 Å². The van der Waals surface area contributed by atoms with Gasteiger partial charge in [0.15, 0.2) is 0 Å². The molecule has 1 aliphatic rings. The van der Waals surface area contributed by atoms with Crippen molar-refractivity contribution in [3.8, 4) is 0 Å². The fourth-order valence-corrected chi connectivity index (χ4v) is 2.34. The molecule has 5 heteroatoms. The lowest BCUT2D eigenvalue weighted by Gasteiger charge is -2.20. The maximum absolute atomic E-state index is 12.0. The Hall–Kier alpha value is -1.91. The molecule has 2 N–H and O–H groups in total. The molecule has 0 bridgehead atoms. The Balaban J connectivity index is 1.91. The Morgan fingerprint density at radius 2 is 1.89 bits per heavy atom. The van der Waals surface area contributed by atoms with Crippen LogP contribution in [0.2, 0.25) is 0 Å². The zero-order valence-electron chi connectivity index (χ0n) is 11.1. The number of nitrogens with one attached hydrogen (secondary N) is 2. The summed E-state index contributed by atoms with van der Waals surface area (Å²) in [5.74, 6) is 0.565. The van der Waals surface area contributed by atoms with E-state index in [1.54, 1.807) is 12.1 Å². The van der Waals surface area contributed by atoms with Gasteiger partial charge in [-0.1, -0.05) is 19.3 Å². The molecule has 0 saturated heterocycles. The molecule has 2 rings (SSSR count). The van der Waals surface area contributed by atoms with Crippen LogP contribution in [0.1, 0.15) is 39.0 Å². The molecule has 0 aromatic carbocycles. The average molecular weight is 261 g/mol. The van der Waals surface area contributed by atoms with E-state index in [0.717, 1.165) is 25.7 Å². The summed E-state index contributed by atoms with van der Waals surface area (Å²) in [5, 5.41) is 5.46. The zero-order chi connectivity index (χ0) is 13.7. The van der Waals surface area contributed by atoms with Crippen molar-refractivity contribution < 1.29 is 9.59 Å². The smallest absolute Gasteiger partial charge is 0.228 e. The lowest BCUT2D eigenvalue weighted by atomic mass is 9.89. The van der Waals surface area contributed by atoms with Crippen LogP contribution in [0.5, 0.6) is 0 Å². The van der Waals surface area contributed by atoms with Gasteiger partial charge in [0.1, 0.15) is 5.82 Å². The highest BCUT2D eigenvalue weighted by molar-refractivity contribution is 5.92. The highest BCUT2D eigenvalue weighted by atomic mass is 16.2. The molecule has 5 nitrogen and oxygen atoms in total. The van der Waals surface area contributed by atoms with E-state index in [4.69, 9.17) is 0 Å². The van der Waals surface area contributed by atoms with Crippen molar-refractivity contribution in [1.29, 1.82) is 0 Å². The van der Waals surface area contributed by atoms with Gasteiger partial charge in [0.05, 0.1) is 11.9 Å². The zero-order valence-corrected chi connectivity index (χ0v) is 11.1. The Bertz CT molecular complexity index is 450. The van der Waals surface area contributed by atoms with E-state index in [2.05, 4.69) is 15.6 Å². The third kappa shape index (κ3) is 4.05. The quantitative estimate of drug-likeness (QED) is 0.878. The highest BCUT2D eigenvalue weighted by Crippen LogP contribution is 2.24. The van der Waals surface area contributed by atoms with Gasteiger partial charge in [-0.3, -0.25) is 9.59 Å². The molecule has 1 saturated carbocycles. The number of nitrogens with zero attached hydrogens (tertiary/aromatic N) is 1. The van der Waals surface area contributed by atoms with Gasteiger partial charge < -0.3 is 10.6 Å². The molecular weight excluding hydrogens is 242 g/mol. The van der Waals surface area contributed by atoms with Crippen LogP contribution < -0.4 is 10.6 Å². The van der Waals surface area contributed by atoms with E-state index in [9.17, 15) is 9.59 Å². The molecule has 1 aromatic heterocycles. The Morgan fingerprint density at radius 3 is 2.47 bits per heavy atom. The second-order valence-corrected chi connectivity index (χ2v) is 4.94. The van der Waals surface area contributed by atoms with Gasteiger partial charge in [-0.2, -0.15) is 0 Å². The Labute approximate surface area is 112 Å². The SMILES string of the molecule is CC(=O)Nc1ccc(NC(=O)C2CCCCC2)nc1. The molecule has 1 aliphatic carbocycles. The molecule has 19 heavy (non-hydrogen) atoms. The van der Waals surface area contributed by atoms with Crippen molar-refractivity contribution in [3.05, 3.63) is 18.3 Å². The summed E-state index contributed by atoms with van der Waals surface area (Å²) < 4.78 is 0. The summed E-state index contributed by atoms with van der Waals surface area (Å²) in [4.78, 5) is 27.0. The van der Waals surface area contributed by atoms with Crippen LogP contribution in [-0.2, 0) is 9.59 Å². The van der Waals surface area contributed by atoms with E-state index in [1.807, 2.05) is 0 Å². The van der Waals surface area contributed by atoms with E-state index >= 15 is 0 Å². The first-order chi connectivity index (χ1) is 9.15. The van der Waals surface area contributed by atoms with Crippen LogP contribution in [0.15, 0.2) is 18.3 Å². The first kappa shape index (κ1) is 13.5. The lowest BCUT2D eigenvalue weighted by Crippen LogP contribution is -2.25. The fourth-order valence-electron chi connectivity index (χ4n) is 2.34. The topological polar surface area (TPSA) is 71.1 Å². The number of carbonyl (C=O) groups is 2. The predicted molar refractivity (Wildman–Crippen MR) is 73.7 cm³/mol. The third-order valence-corrected chi connectivity index (χ3v) is 3.31. The maximum atomic E-state index is 12.0. The van der Waals surface area contributed by atoms with Crippen molar-refractivity contribution >= 4 is 23.3 Å². The summed E-state index contributed by atoms with van der Waals surface area (Å²) in [6.07, 6.45) is 6.97. The molecule has 1 aromatic rings. The fraction of sp³-hybridized carbons (Fsp3) is 0.500. The average Bonchev–Trinajstić information content (AvgIpc) is 2.41. The van der Waals surface area contributed by atoms with Crippen LogP contribution >= 0.6 is 0 Å². The maximum Gasteiger partial charge on any atom is 0.228 e. The van der Waals surface area contributed by atoms with Crippen LogP contribution in [0, 0.1) is 5.92 Å². The van der Waals surface area contributed by atoms with Gasteiger partial charge in [-0.05, 0) is 25.0 Å². The van der Waals surface area contributed by atoms with Crippen LogP contribution in [0.25, 0.3) is 0 Å². The summed E-state index contributed by atoms with van der Waals surface area (Å²) in [6, 6.07) is 3.43. The van der Waals surface area contributed by atoms with Crippen LogP contribution in [-0.4, -0.2) is 16.8 Å². The summed E-state index contributed by atoms with van der Waals surface area (Å²) >= 11 is 0. The third-order valence-electron chi connectivity index (χ3n) is 3.31. The van der Waals surface area contributed by atoms with Gasteiger partial charge in [0.25, 0.3) is 0 Å². The second-order valence-electron chi connectivity index (χ2n) is 4.94. The Kier molecular flexibility index (Phi) is 4.49. The van der Waals surface area contributed by atoms with Crippen LogP contribution in [0.3, 0.4) is 0 Å². The largest absolute Gasteiger partial charge is 0.325 e. The second kappa shape index (κ2) is 6.31. The standard InChI is InChI=1S/C14H19N3O2/c1-10(18)16-12-7-8-13(15-9-12)17-14(19)11-5-3-2-4-6-11/h7-9,11H,2-6H2,1H3,(H,16,18)(H,15,17,19). The molecule has 1 fully saturated rings. The van der Waals surface area contributed by atoms with Crippen molar-refractivity contribution in [2.24, 2.45) is 5.92 Å². The van der Waals surface area contributed by atoms with Gasteiger partial charge in [0, 0.05) is 12.8 Å². The van der Waals surface area contributed by atoms with Gasteiger partial charge >= 0.3 is 0 Å². The first-order valence-electron chi connectivity index (χ1n) is 6.69. The van der Waals surface area contributed by atoms with Gasteiger partial charge in [0.2, 0.25) is 11.8 Å². The molecule has 0 radical (unpaired) electrons. The van der Waals surface area contributed by atoms with E-state index in [0.29, 0.717) is 11.5 Å². The number of amides is 2. The molecule has 0 aliphatic heterocycles. The minimum atomic E-state index is -0.138. The molecular formula is C14H19N3O2. The van der Waals surface area contributed by atoms with Gasteiger partial charge in [-0.25, -0.2) is 4.98 Å². The van der Waals surface area contributed by atoms with Crippen LogP contribution in [0.4, 0.5) is 11.5 Å². The Morgan fingerprint density at radius 1 is 1.16 bits per heavy atom. The number of carbonyl (C=O) groups excluding carboxylic acids is 2. The minimum Gasteiger partial charge on any atom is -0.325 e. The lowest BCUT2D eigenvalue weighted by molar-refractivity contribution is -0.120. The van der Waals surface area contributed by atoms with E-state index in [1.165, 1.54) is 19.5 Å². The summed E-state index contributed by atoms with van der Waals surface area (Å²) in [7, 11) is 0. The molecule has 102 valence electrons. The monoisotopic (exact) mass is 261 g/mol. The minimum absolute atomic E-state index is 0.0551. The molecule has 0 atom stereocenters. The number of pyridine rings is 1. The van der Waals surface area contributed by atoms with E-state index < -0.39 is 0 Å². The molecule has 1 heterocycles. The van der Waals surface area contributed by atoms with Gasteiger partial charge in [-0.15, -0.1) is 0 Å². The predicted octanol–water partition coefficient (Wildman–Crippen LogP) is 2.56. The number of rotatable bonds is 3. The van der Waals surface area contributed by atoms with Crippen molar-refractivity contribution in [1.82, 2.24) is 4.98 Å². The summed E-state index contributed by atoms with van der Waals surface area (Å²) in [6.45, 7) is 1.44. The summed E-state index contributed by atoms with van der Waals surface area (Å²) in [5.41, 5.74) is 0.628. The number of hydrogen-bond donors (Lipinski definition) is 2. The highest BCUT2D eigenvalue weighted by Gasteiger charge is 2.21. The molecule has 0 unspecified atom stereocenters. The number of hydrogen-bond acceptors (Lipinski definition) is 3. The van der Waals surface area contributed by atoms with Crippen molar-refractivity contribution in [2.45, 2.75) is 39.0 Å². The molecule has 0 spiro atoms.